The summed E-state index contributed by atoms with van der Waals surface area (Å²) in [6, 6.07) is 0. The van der Waals surface area contributed by atoms with Crippen LogP contribution in [0.4, 0.5) is 0 Å². The highest BCUT2D eigenvalue weighted by Gasteiger charge is 2.55. The first kappa shape index (κ1) is 11.9. The van der Waals surface area contributed by atoms with Gasteiger partial charge in [0.15, 0.2) is 0 Å². The fourth-order valence-electron chi connectivity index (χ4n) is 2.59. The molecular weight excluding hydrogens is 256 g/mol. The van der Waals surface area contributed by atoms with Crippen molar-refractivity contribution >= 4 is 29.5 Å². The minimum absolute atomic E-state index is 0.0198. The van der Waals surface area contributed by atoms with Crippen LogP contribution in [0.2, 0.25) is 0 Å². The van der Waals surface area contributed by atoms with Crippen molar-refractivity contribution in [3.63, 3.8) is 0 Å². The number of carbonyl (C=O) groups excluding carboxylic acids is 3. The van der Waals surface area contributed by atoms with Crippen LogP contribution in [0.25, 0.3) is 0 Å². The summed E-state index contributed by atoms with van der Waals surface area (Å²) in [6.45, 7) is 3.18. The lowest BCUT2D eigenvalue weighted by Gasteiger charge is -2.53. The first-order chi connectivity index (χ1) is 8.63. The Kier molecular flexibility index (Phi) is 2.80. The van der Waals surface area contributed by atoms with Gasteiger partial charge in [-0.1, -0.05) is 0 Å². The second-order valence-electron chi connectivity index (χ2n) is 4.69. The lowest BCUT2D eigenvalue weighted by atomic mass is 10.2. The lowest BCUT2D eigenvalue weighted by molar-refractivity contribution is -1.13. The number of piperazine rings is 1. The number of nitrogens with one attached hydrogen (secondary N) is 1. The van der Waals surface area contributed by atoms with Crippen molar-refractivity contribution in [2.45, 2.75) is 6.42 Å². The van der Waals surface area contributed by atoms with E-state index in [0.717, 1.165) is 19.5 Å². The van der Waals surface area contributed by atoms with Crippen molar-refractivity contribution in [2.24, 2.45) is 0 Å². The summed E-state index contributed by atoms with van der Waals surface area (Å²) in [7, 11) is 0. The quantitative estimate of drug-likeness (QED) is 0.377. The van der Waals surface area contributed by atoms with E-state index in [1.54, 1.807) is 4.41 Å². The number of ketones is 1. The molecule has 3 saturated heterocycles. The highest BCUT2D eigenvalue weighted by atomic mass is 32.2. The molecule has 7 nitrogen and oxygen atoms in total. The van der Waals surface area contributed by atoms with E-state index < -0.39 is 5.91 Å². The SMILES string of the molecule is O=C1CN([N+]2(N3SCC(=O)C3=O)CCC2)CCN1. The third-order valence-electron chi connectivity index (χ3n) is 3.65. The summed E-state index contributed by atoms with van der Waals surface area (Å²) >= 11 is 1.27. The summed E-state index contributed by atoms with van der Waals surface area (Å²) in [5, 5.41) is 4.77. The molecule has 0 atom stereocenters. The number of carbonyl (C=O) groups is 3. The molecule has 0 unspecified atom stereocenters. The van der Waals surface area contributed by atoms with Crippen LogP contribution in [0.15, 0.2) is 0 Å². The average Bonchev–Trinajstić information content (AvgIpc) is 2.60. The Labute approximate surface area is 109 Å². The molecule has 18 heavy (non-hydrogen) atoms. The maximum atomic E-state index is 11.9. The van der Waals surface area contributed by atoms with Gasteiger partial charge in [-0.05, 0) is 0 Å². The molecule has 8 heteroatoms. The Morgan fingerprint density at radius 2 is 2.00 bits per heavy atom. The maximum Gasteiger partial charge on any atom is 0.349 e. The molecule has 0 aromatic rings. The van der Waals surface area contributed by atoms with Crippen LogP contribution in [0, 0.1) is 0 Å². The molecule has 3 aliphatic rings. The van der Waals surface area contributed by atoms with Crippen LogP contribution in [0.1, 0.15) is 6.42 Å². The smallest absolute Gasteiger partial charge is 0.349 e. The normalized spacial score (nSPS) is 28.2. The van der Waals surface area contributed by atoms with Crippen LogP contribution in [-0.4, -0.2) is 70.2 Å². The Bertz CT molecular complexity index is 423. The average molecular weight is 271 g/mol. The van der Waals surface area contributed by atoms with Crippen LogP contribution in [-0.2, 0) is 14.4 Å². The van der Waals surface area contributed by atoms with Crippen LogP contribution in [0.5, 0.6) is 0 Å². The van der Waals surface area contributed by atoms with E-state index in [1.165, 1.54) is 11.9 Å². The van der Waals surface area contributed by atoms with Crippen LogP contribution >= 0.6 is 11.9 Å². The number of hydrogen-bond acceptors (Lipinski definition) is 5. The molecular formula is C10H15N4O3S+. The predicted molar refractivity (Wildman–Crippen MR) is 63.5 cm³/mol. The monoisotopic (exact) mass is 271 g/mol. The highest BCUT2D eigenvalue weighted by Crippen LogP contribution is 2.36. The van der Waals surface area contributed by atoms with Crippen LogP contribution in [0.3, 0.4) is 0 Å². The van der Waals surface area contributed by atoms with Crippen molar-refractivity contribution in [3.8, 4) is 0 Å². The third kappa shape index (κ3) is 1.63. The fraction of sp³-hybridized carbons (Fsp3) is 0.700. The molecule has 0 saturated carbocycles. The molecule has 3 fully saturated rings. The van der Waals surface area contributed by atoms with Gasteiger partial charge in [0.2, 0.25) is 11.7 Å². The molecule has 0 radical (unpaired) electrons. The lowest BCUT2D eigenvalue weighted by Crippen LogP contribution is -2.76. The second kappa shape index (κ2) is 4.22. The highest BCUT2D eigenvalue weighted by molar-refractivity contribution is 7.99. The summed E-state index contributed by atoms with van der Waals surface area (Å²) in [5.41, 5.74) is 0. The molecule has 0 spiro atoms. The topological polar surface area (TPSA) is 69.7 Å². The molecule has 0 aromatic heterocycles. The van der Waals surface area contributed by atoms with Gasteiger partial charge in [0, 0.05) is 18.5 Å². The Morgan fingerprint density at radius 1 is 1.22 bits per heavy atom. The molecule has 98 valence electrons. The summed E-state index contributed by atoms with van der Waals surface area (Å²) in [6.07, 6.45) is 1.01. The third-order valence-corrected chi connectivity index (χ3v) is 4.75. The zero-order valence-electron chi connectivity index (χ0n) is 9.92. The zero-order chi connectivity index (χ0) is 12.8. The maximum absolute atomic E-state index is 11.9. The summed E-state index contributed by atoms with van der Waals surface area (Å²) < 4.78 is 1.91. The van der Waals surface area contributed by atoms with Gasteiger partial charge in [-0.25, -0.2) is 0 Å². The summed E-state index contributed by atoms with van der Waals surface area (Å²) in [5.74, 6) is -0.566. The predicted octanol–water partition coefficient (Wildman–Crippen LogP) is -1.47. The van der Waals surface area contributed by atoms with E-state index >= 15 is 0 Å². The summed E-state index contributed by atoms with van der Waals surface area (Å²) in [4.78, 5) is 34.8. The van der Waals surface area contributed by atoms with Gasteiger partial charge in [-0.2, -0.15) is 0 Å². The molecule has 2 amide bonds. The van der Waals surface area contributed by atoms with Gasteiger partial charge < -0.3 is 5.32 Å². The van der Waals surface area contributed by atoms with Gasteiger partial charge in [-0.15, -0.1) is 14.1 Å². The fourth-order valence-corrected chi connectivity index (χ4v) is 3.65. The number of quaternary nitrogens is 1. The first-order valence-corrected chi connectivity index (χ1v) is 6.98. The number of amides is 2. The largest absolute Gasteiger partial charge is 0.353 e. The molecule has 3 heterocycles. The molecule has 1 N–H and O–H groups in total. The van der Waals surface area contributed by atoms with E-state index in [2.05, 4.69) is 5.32 Å². The minimum atomic E-state index is -0.425. The van der Waals surface area contributed by atoms with E-state index in [0.29, 0.717) is 24.3 Å². The van der Waals surface area contributed by atoms with E-state index in [-0.39, 0.29) is 17.4 Å². The Balaban J connectivity index is 1.83. The number of rotatable bonds is 2. The zero-order valence-corrected chi connectivity index (χ0v) is 10.7. The Hall–Kier alpha value is -1.12. The molecule has 0 aliphatic carbocycles. The molecule has 0 bridgehead atoms. The molecule has 3 aliphatic heterocycles. The minimum Gasteiger partial charge on any atom is -0.353 e. The van der Waals surface area contributed by atoms with Crippen LogP contribution < -0.4 is 5.32 Å². The van der Waals surface area contributed by atoms with Gasteiger partial charge in [0.1, 0.15) is 19.6 Å². The Morgan fingerprint density at radius 3 is 2.50 bits per heavy atom. The second-order valence-corrected chi connectivity index (χ2v) is 5.59. The standard InChI is InChI=1S/C10H14N4O3S/c15-8-7-18-13(10(8)17)14(4-1-5-14)12-3-2-11-9(16)6-12/h1-7H2/p+1. The first-order valence-electron chi connectivity index (χ1n) is 6.03. The number of nitrogens with zero attached hydrogens (tertiary/aromatic N) is 3. The van der Waals surface area contributed by atoms with E-state index in [1.807, 2.05) is 5.01 Å². The van der Waals surface area contributed by atoms with Crippen molar-refractivity contribution in [2.75, 3.05) is 38.5 Å². The van der Waals surface area contributed by atoms with Crippen molar-refractivity contribution in [3.05, 3.63) is 0 Å². The van der Waals surface area contributed by atoms with Gasteiger partial charge in [0.25, 0.3) is 0 Å². The van der Waals surface area contributed by atoms with Crippen molar-refractivity contribution in [1.29, 1.82) is 0 Å². The van der Waals surface area contributed by atoms with Gasteiger partial charge in [0.05, 0.1) is 18.7 Å². The number of hydrogen-bond donors (Lipinski definition) is 1. The van der Waals surface area contributed by atoms with Crippen molar-refractivity contribution in [1.82, 2.24) is 14.7 Å². The molecule has 0 aromatic carbocycles. The van der Waals surface area contributed by atoms with Gasteiger partial charge >= 0.3 is 5.91 Å². The van der Waals surface area contributed by atoms with Crippen molar-refractivity contribution < 1.29 is 19.1 Å². The van der Waals surface area contributed by atoms with Gasteiger partial charge in [-0.3, -0.25) is 14.4 Å². The number of Topliss-reactive ketones (excluding diaryl/α,β-unsaturated/α-hetero) is 1. The van der Waals surface area contributed by atoms with E-state index in [4.69, 9.17) is 0 Å². The van der Waals surface area contributed by atoms with E-state index in [9.17, 15) is 14.4 Å². The molecule has 3 rings (SSSR count).